The van der Waals surface area contributed by atoms with E-state index in [-0.39, 0.29) is 11.1 Å². The van der Waals surface area contributed by atoms with Crippen LogP contribution in [0.5, 0.6) is 0 Å². The fourth-order valence-electron chi connectivity index (χ4n) is 2.86. The lowest BCUT2D eigenvalue weighted by atomic mass is 10.0. The van der Waals surface area contributed by atoms with Crippen LogP contribution in [0.1, 0.15) is 50.7 Å². The molecule has 1 aliphatic heterocycles. The summed E-state index contributed by atoms with van der Waals surface area (Å²) < 4.78 is 8.94. The van der Waals surface area contributed by atoms with Crippen LogP contribution in [0.15, 0.2) is 42.7 Å². The standard InChI is InChI=1S/C18H26N2OSi/c1-18(2,3)22(4,5)21-16-13-15(14-9-7-6-8-10-14)20-12-11-19-17(16)20/h6-12,15-16H,13H2,1-5H3/t15-,16+/m1/s1. The van der Waals surface area contributed by atoms with Gasteiger partial charge >= 0.3 is 0 Å². The predicted molar refractivity (Wildman–Crippen MR) is 92.4 cm³/mol. The Labute approximate surface area is 134 Å². The number of rotatable bonds is 3. The van der Waals surface area contributed by atoms with Gasteiger partial charge in [0.25, 0.3) is 0 Å². The third-order valence-electron chi connectivity index (χ3n) is 5.19. The van der Waals surface area contributed by atoms with Gasteiger partial charge in [0.1, 0.15) is 11.9 Å². The van der Waals surface area contributed by atoms with Gasteiger partial charge in [0.15, 0.2) is 8.32 Å². The molecule has 3 nitrogen and oxygen atoms in total. The van der Waals surface area contributed by atoms with E-state index >= 15 is 0 Å². The van der Waals surface area contributed by atoms with Crippen LogP contribution in [-0.2, 0) is 4.43 Å². The summed E-state index contributed by atoms with van der Waals surface area (Å²) in [6, 6.07) is 11.0. The van der Waals surface area contributed by atoms with Gasteiger partial charge in [0, 0.05) is 18.8 Å². The maximum absolute atomic E-state index is 6.66. The largest absolute Gasteiger partial charge is 0.407 e. The van der Waals surface area contributed by atoms with E-state index in [1.54, 1.807) is 0 Å². The summed E-state index contributed by atoms with van der Waals surface area (Å²) in [5.41, 5.74) is 1.34. The highest BCUT2D eigenvalue weighted by Crippen LogP contribution is 2.45. The van der Waals surface area contributed by atoms with Gasteiger partial charge in [-0.2, -0.15) is 0 Å². The van der Waals surface area contributed by atoms with E-state index < -0.39 is 8.32 Å². The molecule has 4 heteroatoms. The second-order valence-electron chi connectivity index (χ2n) is 7.72. The summed E-state index contributed by atoms with van der Waals surface area (Å²) in [6.07, 6.45) is 5.08. The second-order valence-corrected chi connectivity index (χ2v) is 12.5. The molecule has 22 heavy (non-hydrogen) atoms. The molecular formula is C18H26N2OSi. The molecule has 2 atom stereocenters. The number of aromatic nitrogens is 2. The minimum absolute atomic E-state index is 0.112. The molecule has 2 heterocycles. The summed E-state index contributed by atoms with van der Waals surface area (Å²) in [4.78, 5) is 4.58. The second kappa shape index (κ2) is 5.35. The fourth-order valence-corrected chi connectivity index (χ4v) is 4.13. The summed E-state index contributed by atoms with van der Waals surface area (Å²) in [5.74, 6) is 1.08. The van der Waals surface area contributed by atoms with Gasteiger partial charge in [-0.25, -0.2) is 4.98 Å². The SMILES string of the molecule is CC(C)(C)[Si](C)(C)O[C@H]1C[C@H](c2ccccc2)n2ccnc21. The van der Waals surface area contributed by atoms with Crippen molar-refractivity contribution in [2.75, 3.05) is 0 Å². The molecule has 0 aliphatic carbocycles. The van der Waals surface area contributed by atoms with Crippen LogP contribution in [0.3, 0.4) is 0 Å². The number of benzene rings is 1. The molecule has 0 fully saturated rings. The van der Waals surface area contributed by atoms with Crippen LogP contribution in [0.4, 0.5) is 0 Å². The Morgan fingerprint density at radius 2 is 1.86 bits per heavy atom. The van der Waals surface area contributed by atoms with Gasteiger partial charge in [0.2, 0.25) is 0 Å². The maximum atomic E-state index is 6.66. The van der Waals surface area contributed by atoms with Crippen molar-refractivity contribution in [1.29, 1.82) is 0 Å². The Hall–Kier alpha value is -1.39. The quantitative estimate of drug-likeness (QED) is 0.750. The molecule has 0 amide bonds. The molecule has 0 radical (unpaired) electrons. The number of imidazole rings is 1. The zero-order valence-electron chi connectivity index (χ0n) is 14.2. The van der Waals surface area contributed by atoms with Crippen LogP contribution in [0, 0.1) is 0 Å². The molecule has 0 unspecified atom stereocenters. The van der Waals surface area contributed by atoms with Gasteiger partial charge in [-0.1, -0.05) is 51.1 Å². The molecule has 0 bridgehead atoms. The molecule has 118 valence electrons. The zero-order valence-corrected chi connectivity index (χ0v) is 15.2. The van der Waals surface area contributed by atoms with E-state index in [0.717, 1.165) is 12.2 Å². The monoisotopic (exact) mass is 314 g/mol. The number of fused-ring (bicyclic) bond motifs is 1. The Morgan fingerprint density at radius 1 is 1.18 bits per heavy atom. The highest BCUT2D eigenvalue weighted by Gasteiger charge is 2.43. The first-order valence-electron chi connectivity index (χ1n) is 8.05. The van der Waals surface area contributed by atoms with Gasteiger partial charge in [0.05, 0.1) is 6.04 Å². The number of hydrogen-bond donors (Lipinski definition) is 0. The third-order valence-corrected chi connectivity index (χ3v) is 9.67. The lowest BCUT2D eigenvalue weighted by Gasteiger charge is -2.38. The highest BCUT2D eigenvalue weighted by atomic mass is 28.4. The Kier molecular flexibility index (Phi) is 3.77. The van der Waals surface area contributed by atoms with Gasteiger partial charge < -0.3 is 8.99 Å². The number of nitrogens with zero attached hydrogens (tertiary/aromatic N) is 2. The highest BCUT2D eigenvalue weighted by molar-refractivity contribution is 6.74. The number of hydrogen-bond acceptors (Lipinski definition) is 2. The predicted octanol–water partition coefficient (Wildman–Crippen LogP) is 4.94. The topological polar surface area (TPSA) is 27.1 Å². The first-order chi connectivity index (χ1) is 10.3. The molecule has 3 rings (SSSR count). The lowest BCUT2D eigenvalue weighted by Crippen LogP contribution is -2.41. The van der Waals surface area contributed by atoms with Gasteiger partial charge in [-0.3, -0.25) is 0 Å². The lowest BCUT2D eigenvalue weighted by molar-refractivity contribution is 0.178. The van der Waals surface area contributed by atoms with E-state index in [4.69, 9.17) is 4.43 Å². The Balaban J connectivity index is 1.88. The van der Waals surface area contributed by atoms with Crippen LogP contribution >= 0.6 is 0 Å². The molecule has 0 N–H and O–H groups in total. The van der Waals surface area contributed by atoms with Crippen molar-refractivity contribution in [3.05, 3.63) is 54.1 Å². The van der Waals surface area contributed by atoms with Crippen molar-refractivity contribution in [3.8, 4) is 0 Å². The third kappa shape index (κ3) is 2.66. The van der Waals surface area contributed by atoms with Crippen LogP contribution in [-0.4, -0.2) is 17.9 Å². The minimum Gasteiger partial charge on any atom is -0.407 e. The molecule has 1 aliphatic rings. The molecule has 0 spiro atoms. The van der Waals surface area contributed by atoms with E-state index in [0.29, 0.717) is 6.04 Å². The summed E-state index contributed by atoms with van der Waals surface area (Å²) in [7, 11) is -1.80. The van der Waals surface area contributed by atoms with Crippen LogP contribution < -0.4 is 0 Å². The normalized spacial score (nSPS) is 21.9. The van der Waals surface area contributed by atoms with E-state index in [2.05, 4.69) is 79.9 Å². The summed E-state index contributed by atoms with van der Waals surface area (Å²) in [6.45, 7) is 11.5. The minimum atomic E-state index is -1.80. The maximum Gasteiger partial charge on any atom is 0.193 e. The van der Waals surface area contributed by atoms with Crippen molar-refractivity contribution in [2.45, 2.75) is 57.5 Å². The Bertz CT molecular complexity index is 643. The Morgan fingerprint density at radius 3 is 2.50 bits per heavy atom. The van der Waals surface area contributed by atoms with E-state index in [9.17, 15) is 0 Å². The van der Waals surface area contributed by atoms with Crippen molar-refractivity contribution >= 4 is 8.32 Å². The summed E-state index contributed by atoms with van der Waals surface area (Å²) >= 11 is 0. The molecule has 2 aromatic rings. The van der Waals surface area contributed by atoms with Crippen molar-refractivity contribution in [1.82, 2.24) is 9.55 Å². The average molecular weight is 315 g/mol. The molecule has 0 saturated heterocycles. The first kappa shape index (κ1) is 15.5. The van der Waals surface area contributed by atoms with Crippen molar-refractivity contribution in [2.24, 2.45) is 0 Å². The average Bonchev–Trinajstić information content (AvgIpc) is 3.02. The van der Waals surface area contributed by atoms with Crippen molar-refractivity contribution in [3.63, 3.8) is 0 Å². The van der Waals surface area contributed by atoms with E-state index in [1.165, 1.54) is 5.56 Å². The van der Waals surface area contributed by atoms with Gasteiger partial charge in [-0.05, 0) is 23.7 Å². The molecule has 1 aromatic heterocycles. The zero-order chi connectivity index (χ0) is 16.0. The molecule has 0 saturated carbocycles. The fraction of sp³-hybridized carbons (Fsp3) is 0.500. The molecular weight excluding hydrogens is 288 g/mol. The van der Waals surface area contributed by atoms with Crippen LogP contribution in [0.25, 0.3) is 0 Å². The van der Waals surface area contributed by atoms with Gasteiger partial charge in [-0.15, -0.1) is 0 Å². The van der Waals surface area contributed by atoms with Crippen molar-refractivity contribution < 1.29 is 4.43 Å². The first-order valence-corrected chi connectivity index (χ1v) is 11.0. The summed E-state index contributed by atoms with van der Waals surface area (Å²) in [5, 5.41) is 0.218. The van der Waals surface area contributed by atoms with E-state index in [1.807, 2.05) is 6.20 Å². The molecule has 1 aromatic carbocycles. The smallest absolute Gasteiger partial charge is 0.193 e. The van der Waals surface area contributed by atoms with Crippen LogP contribution in [0.2, 0.25) is 18.1 Å².